The number of nitrogens with zero attached hydrogens (tertiary/aromatic N) is 2. The van der Waals surface area contributed by atoms with Gasteiger partial charge in [0.2, 0.25) is 11.8 Å². The molecule has 172 valence electrons. The molecule has 5 nitrogen and oxygen atoms in total. The molecular weight excluding hydrogens is 443 g/mol. The minimum absolute atomic E-state index is 0.122. The number of carbonyl (C=O) groups excluding carboxylic acids is 2. The number of likely N-dealkylation sites (tertiary alicyclic amines) is 1. The van der Waals surface area contributed by atoms with Crippen LogP contribution in [0.2, 0.25) is 5.02 Å². The normalized spacial score (nSPS) is 16.6. The molecule has 2 aromatic carbocycles. The Morgan fingerprint density at radius 1 is 1.16 bits per heavy atom. The van der Waals surface area contributed by atoms with Gasteiger partial charge < -0.3 is 15.1 Å². The number of alkyl halides is 3. The van der Waals surface area contributed by atoms with E-state index in [1.165, 1.54) is 19.1 Å². The summed E-state index contributed by atoms with van der Waals surface area (Å²) in [4.78, 5) is 27.9. The van der Waals surface area contributed by atoms with Crippen molar-refractivity contribution in [3.05, 3.63) is 58.6 Å². The Morgan fingerprint density at radius 2 is 1.84 bits per heavy atom. The van der Waals surface area contributed by atoms with E-state index < -0.39 is 17.8 Å². The molecule has 0 aromatic heterocycles. The van der Waals surface area contributed by atoms with Crippen molar-refractivity contribution in [3.63, 3.8) is 0 Å². The molecule has 1 saturated heterocycles. The summed E-state index contributed by atoms with van der Waals surface area (Å²) >= 11 is 6.42. The maximum atomic E-state index is 12.7. The zero-order chi connectivity index (χ0) is 23.5. The predicted octanol–water partition coefficient (Wildman–Crippen LogP) is 5.33. The molecule has 0 radical (unpaired) electrons. The molecule has 3 rings (SSSR count). The summed E-state index contributed by atoms with van der Waals surface area (Å²) in [5.74, 6) is -0.370. The zero-order valence-corrected chi connectivity index (χ0v) is 18.6. The number of benzene rings is 2. The van der Waals surface area contributed by atoms with Crippen molar-refractivity contribution in [1.29, 1.82) is 0 Å². The van der Waals surface area contributed by atoms with Crippen molar-refractivity contribution in [3.8, 4) is 0 Å². The van der Waals surface area contributed by atoms with Crippen LogP contribution in [0.1, 0.15) is 37.3 Å². The van der Waals surface area contributed by atoms with E-state index in [9.17, 15) is 22.8 Å². The van der Waals surface area contributed by atoms with Gasteiger partial charge in [0.15, 0.2) is 0 Å². The summed E-state index contributed by atoms with van der Waals surface area (Å²) < 4.78 is 38.2. The Hall–Kier alpha value is -2.74. The molecule has 1 atom stereocenters. The summed E-state index contributed by atoms with van der Waals surface area (Å²) in [6.45, 7) is 2.39. The van der Waals surface area contributed by atoms with E-state index in [-0.39, 0.29) is 11.8 Å². The Labute approximate surface area is 190 Å². The van der Waals surface area contributed by atoms with Gasteiger partial charge in [0.1, 0.15) is 6.04 Å². The quantitative estimate of drug-likeness (QED) is 0.646. The minimum Gasteiger partial charge on any atom is -0.369 e. The van der Waals surface area contributed by atoms with Gasteiger partial charge >= 0.3 is 6.18 Å². The molecule has 1 aliphatic rings. The molecule has 1 heterocycles. The lowest BCUT2D eigenvalue weighted by Gasteiger charge is -2.34. The summed E-state index contributed by atoms with van der Waals surface area (Å²) in [6.07, 6.45) is -1.98. The summed E-state index contributed by atoms with van der Waals surface area (Å²) in [6, 6.07) is 9.56. The van der Waals surface area contributed by atoms with Crippen LogP contribution < -0.4 is 10.2 Å². The average Bonchev–Trinajstić information content (AvgIpc) is 2.73. The molecule has 1 unspecified atom stereocenters. The summed E-state index contributed by atoms with van der Waals surface area (Å²) in [5, 5.41) is 3.22. The second kappa shape index (κ2) is 9.81. The average molecular weight is 468 g/mol. The third kappa shape index (κ3) is 5.73. The first-order chi connectivity index (χ1) is 15.1. The van der Waals surface area contributed by atoms with Gasteiger partial charge in [0.25, 0.3) is 0 Å². The van der Waals surface area contributed by atoms with Crippen molar-refractivity contribution in [2.24, 2.45) is 0 Å². The van der Waals surface area contributed by atoms with Crippen molar-refractivity contribution >= 4 is 34.8 Å². The van der Waals surface area contributed by atoms with Crippen LogP contribution in [-0.2, 0) is 22.3 Å². The van der Waals surface area contributed by atoms with E-state index in [0.717, 1.165) is 25.0 Å². The third-order valence-corrected chi connectivity index (χ3v) is 5.84. The number of anilines is 2. The van der Waals surface area contributed by atoms with Crippen LogP contribution in [0.5, 0.6) is 0 Å². The van der Waals surface area contributed by atoms with Gasteiger partial charge in [-0.15, -0.1) is 0 Å². The number of amides is 2. The van der Waals surface area contributed by atoms with Crippen LogP contribution >= 0.6 is 11.6 Å². The van der Waals surface area contributed by atoms with Crippen molar-refractivity contribution < 1.29 is 22.8 Å². The van der Waals surface area contributed by atoms with Gasteiger partial charge in [-0.3, -0.25) is 9.59 Å². The maximum absolute atomic E-state index is 12.7. The van der Waals surface area contributed by atoms with Crippen LogP contribution in [0.15, 0.2) is 42.5 Å². The lowest BCUT2D eigenvalue weighted by Crippen LogP contribution is -2.49. The highest BCUT2D eigenvalue weighted by atomic mass is 35.5. The van der Waals surface area contributed by atoms with Crippen LogP contribution in [0.25, 0.3) is 0 Å². The summed E-state index contributed by atoms with van der Waals surface area (Å²) in [5.41, 5.74) is 1.20. The molecule has 1 fully saturated rings. The number of halogens is 4. The second-order valence-electron chi connectivity index (χ2n) is 7.93. The van der Waals surface area contributed by atoms with Gasteiger partial charge in [-0.05, 0) is 55.2 Å². The number of carbonyl (C=O) groups is 2. The second-order valence-corrected chi connectivity index (χ2v) is 8.34. The van der Waals surface area contributed by atoms with Gasteiger partial charge in [-0.1, -0.05) is 23.7 Å². The SMILES string of the molecule is CC(=O)N1CCCCC1C(=O)Nc1ccc(N(C)Cc2ccc(C(F)(F)F)cc2)c(Cl)c1. The predicted molar refractivity (Wildman–Crippen MR) is 119 cm³/mol. The number of hydrogen-bond donors (Lipinski definition) is 1. The Morgan fingerprint density at radius 3 is 2.44 bits per heavy atom. The lowest BCUT2D eigenvalue weighted by atomic mass is 10.0. The first-order valence-electron chi connectivity index (χ1n) is 10.3. The van der Waals surface area contributed by atoms with Crippen LogP contribution in [0.4, 0.5) is 24.5 Å². The monoisotopic (exact) mass is 467 g/mol. The first-order valence-corrected chi connectivity index (χ1v) is 10.7. The van der Waals surface area contributed by atoms with Gasteiger partial charge in [-0.25, -0.2) is 0 Å². The number of nitrogens with one attached hydrogen (secondary N) is 1. The van der Waals surface area contributed by atoms with Gasteiger partial charge in [0.05, 0.1) is 16.3 Å². The molecule has 1 N–H and O–H groups in total. The largest absolute Gasteiger partial charge is 0.416 e. The van der Waals surface area contributed by atoms with Crippen LogP contribution in [0, 0.1) is 0 Å². The van der Waals surface area contributed by atoms with Gasteiger partial charge in [-0.2, -0.15) is 13.2 Å². The zero-order valence-electron chi connectivity index (χ0n) is 17.9. The maximum Gasteiger partial charge on any atom is 0.416 e. The smallest absolute Gasteiger partial charge is 0.369 e. The molecule has 0 spiro atoms. The van der Waals surface area contributed by atoms with E-state index >= 15 is 0 Å². The highest BCUT2D eigenvalue weighted by Gasteiger charge is 2.31. The fourth-order valence-electron chi connectivity index (χ4n) is 3.86. The molecule has 1 aliphatic heterocycles. The van der Waals surface area contributed by atoms with Gasteiger partial charge in [0, 0.05) is 32.7 Å². The number of piperidine rings is 1. The molecule has 9 heteroatoms. The van der Waals surface area contributed by atoms with Crippen LogP contribution in [0.3, 0.4) is 0 Å². The van der Waals surface area contributed by atoms with E-state index in [0.29, 0.717) is 41.5 Å². The lowest BCUT2D eigenvalue weighted by molar-refractivity contribution is -0.138. The molecule has 0 saturated carbocycles. The van der Waals surface area contributed by atoms with E-state index in [1.807, 2.05) is 4.90 Å². The first kappa shape index (κ1) is 23.9. The summed E-state index contributed by atoms with van der Waals surface area (Å²) in [7, 11) is 1.78. The Bertz CT molecular complexity index is 979. The molecular formula is C23H25ClF3N3O2. The van der Waals surface area contributed by atoms with Crippen molar-refractivity contribution in [2.45, 2.75) is 44.9 Å². The molecule has 0 bridgehead atoms. The van der Waals surface area contributed by atoms with Crippen molar-refractivity contribution in [2.75, 3.05) is 23.8 Å². The highest BCUT2D eigenvalue weighted by molar-refractivity contribution is 6.33. The fraction of sp³-hybridized carbons (Fsp3) is 0.391. The number of hydrogen-bond acceptors (Lipinski definition) is 3. The molecule has 0 aliphatic carbocycles. The molecule has 32 heavy (non-hydrogen) atoms. The fourth-order valence-corrected chi connectivity index (χ4v) is 4.18. The third-order valence-electron chi connectivity index (χ3n) is 5.54. The minimum atomic E-state index is -4.37. The molecule has 2 amide bonds. The Kier molecular flexibility index (Phi) is 7.33. The van der Waals surface area contributed by atoms with Crippen molar-refractivity contribution in [1.82, 2.24) is 4.90 Å². The number of rotatable bonds is 5. The Balaban J connectivity index is 1.66. The molecule has 2 aromatic rings. The standard InChI is InChI=1S/C23H25ClF3N3O2/c1-15(31)30-12-4-3-5-21(30)22(32)28-18-10-11-20(19(24)13-18)29(2)14-16-6-8-17(9-7-16)23(25,26)27/h6-11,13,21H,3-5,12,14H2,1-2H3,(H,28,32). The topological polar surface area (TPSA) is 52.7 Å². The van der Waals surface area contributed by atoms with E-state index in [1.54, 1.807) is 30.1 Å². The van der Waals surface area contributed by atoms with E-state index in [4.69, 9.17) is 11.6 Å². The van der Waals surface area contributed by atoms with E-state index in [2.05, 4.69) is 5.32 Å². The highest BCUT2D eigenvalue weighted by Crippen LogP contribution is 2.31. The van der Waals surface area contributed by atoms with Crippen LogP contribution in [-0.4, -0.2) is 36.3 Å².